The summed E-state index contributed by atoms with van der Waals surface area (Å²) in [6.45, 7) is 9.19. The number of carbonyl (C=O) groups excluding carboxylic acids is 1. The summed E-state index contributed by atoms with van der Waals surface area (Å²) in [6.07, 6.45) is 1.40. The Morgan fingerprint density at radius 3 is 2.54 bits per heavy atom. The first-order valence-electron chi connectivity index (χ1n) is 9.01. The van der Waals surface area contributed by atoms with Crippen LogP contribution in [0.2, 0.25) is 0 Å². The van der Waals surface area contributed by atoms with E-state index in [0.717, 1.165) is 16.8 Å². The van der Waals surface area contributed by atoms with Crippen molar-refractivity contribution in [3.63, 3.8) is 0 Å². The van der Waals surface area contributed by atoms with Gasteiger partial charge in [0.25, 0.3) is 5.56 Å². The summed E-state index contributed by atoms with van der Waals surface area (Å²) in [6, 6.07) is 10.6. The van der Waals surface area contributed by atoms with E-state index in [0.29, 0.717) is 16.6 Å². The third-order valence-electron chi connectivity index (χ3n) is 4.36. The van der Waals surface area contributed by atoms with Crippen molar-refractivity contribution in [3.8, 4) is 12.0 Å². The van der Waals surface area contributed by atoms with Crippen LogP contribution in [-0.2, 0) is 16.1 Å². The molecule has 0 aliphatic heterocycles. The fourth-order valence-electron chi connectivity index (χ4n) is 2.64. The van der Waals surface area contributed by atoms with E-state index in [1.165, 1.54) is 10.9 Å². The van der Waals surface area contributed by atoms with Crippen molar-refractivity contribution in [2.75, 3.05) is 0 Å². The van der Waals surface area contributed by atoms with E-state index >= 15 is 0 Å². The molecular weight excluding hydrogens is 354 g/mol. The Morgan fingerprint density at radius 1 is 1.21 bits per heavy atom. The van der Waals surface area contributed by atoms with Crippen LogP contribution in [0, 0.1) is 31.2 Å². The number of fused-ring (bicyclic) bond motifs is 1. The molecule has 0 spiro atoms. The van der Waals surface area contributed by atoms with Crippen molar-refractivity contribution in [3.05, 3.63) is 63.3 Å². The molecule has 0 saturated heterocycles. The molecule has 3 rings (SSSR count). The average Bonchev–Trinajstić information content (AvgIpc) is 2.95. The third-order valence-corrected chi connectivity index (χ3v) is 4.36. The number of benzene rings is 1. The van der Waals surface area contributed by atoms with Gasteiger partial charge in [0.1, 0.15) is 18.6 Å². The molecule has 0 atom stereocenters. The average molecular weight is 377 g/mol. The lowest BCUT2D eigenvalue weighted by atomic mass is 9.97. The zero-order valence-corrected chi connectivity index (χ0v) is 16.7. The van der Waals surface area contributed by atoms with E-state index in [-0.39, 0.29) is 18.1 Å². The maximum Gasteiger partial charge on any atom is 0.311 e. The molecule has 0 radical (unpaired) electrons. The van der Waals surface area contributed by atoms with Crippen LogP contribution >= 0.6 is 0 Å². The molecule has 0 bridgehead atoms. The second-order valence-corrected chi connectivity index (χ2v) is 7.80. The zero-order valence-electron chi connectivity index (χ0n) is 16.7. The summed E-state index contributed by atoms with van der Waals surface area (Å²) in [5.41, 5.74) is 2.86. The van der Waals surface area contributed by atoms with Crippen LogP contribution < -0.4 is 5.56 Å². The lowest BCUT2D eigenvalue weighted by Gasteiger charge is -2.16. The Bertz CT molecular complexity index is 1150. The maximum absolute atomic E-state index is 12.9. The zero-order chi connectivity index (χ0) is 20.5. The molecule has 1 aromatic carbocycles. The summed E-state index contributed by atoms with van der Waals surface area (Å²) in [5, 5.41) is 0.389. The monoisotopic (exact) mass is 377 g/mol. The summed E-state index contributed by atoms with van der Waals surface area (Å²) in [7, 11) is 0. The van der Waals surface area contributed by atoms with Crippen molar-refractivity contribution in [2.24, 2.45) is 5.41 Å². The lowest BCUT2D eigenvalue weighted by Crippen LogP contribution is -2.23. The summed E-state index contributed by atoms with van der Waals surface area (Å²) in [5.74, 6) is 2.64. The van der Waals surface area contributed by atoms with Gasteiger partial charge in [-0.05, 0) is 52.7 Å². The van der Waals surface area contributed by atoms with E-state index in [1.54, 1.807) is 20.8 Å². The van der Waals surface area contributed by atoms with E-state index < -0.39 is 5.41 Å². The highest BCUT2D eigenvalue weighted by Gasteiger charge is 2.24. The number of hydrogen-bond acceptors (Lipinski definition) is 4. The number of nitrogens with zero attached hydrogens (tertiary/aromatic N) is 2. The van der Waals surface area contributed by atoms with Gasteiger partial charge in [-0.15, -0.1) is 0 Å². The Hall–Kier alpha value is -3.33. The molecular formula is C22H23N3O3. The fourth-order valence-corrected chi connectivity index (χ4v) is 2.64. The van der Waals surface area contributed by atoms with Gasteiger partial charge in [-0.2, -0.15) is 0 Å². The van der Waals surface area contributed by atoms with Crippen LogP contribution in [0.15, 0.2) is 35.4 Å². The van der Waals surface area contributed by atoms with Crippen LogP contribution in [0.1, 0.15) is 43.2 Å². The van der Waals surface area contributed by atoms with Crippen LogP contribution in [0.4, 0.5) is 0 Å². The Balaban J connectivity index is 1.98. The SMILES string of the molecule is Cc1ccc(C#Cn2cnc3[nH]c(C)c(COC(=O)C(C)(C)C)c3c2=O)cc1. The minimum absolute atomic E-state index is 0.00820. The predicted molar refractivity (Wildman–Crippen MR) is 108 cm³/mol. The van der Waals surface area contributed by atoms with Gasteiger partial charge < -0.3 is 9.72 Å². The molecule has 6 heteroatoms. The Morgan fingerprint density at radius 2 is 1.89 bits per heavy atom. The molecule has 0 saturated carbocycles. The predicted octanol–water partition coefficient (Wildman–Crippen LogP) is 3.29. The standard InChI is InChI=1S/C22H23N3O3/c1-14-6-8-16(9-7-14)10-11-25-13-23-19-18(20(25)26)17(15(2)24-19)12-28-21(27)22(3,4)5/h6-9,13,24H,12H2,1-5H3. The molecule has 28 heavy (non-hydrogen) atoms. The molecule has 1 N–H and O–H groups in total. The molecule has 0 aliphatic rings. The number of aryl methyl sites for hydroxylation is 2. The van der Waals surface area contributed by atoms with Gasteiger partial charge in [-0.3, -0.25) is 9.59 Å². The summed E-state index contributed by atoms with van der Waals surface area (Å²) < 4.78 is 6.66. The highest BCUT2D eigenvalue weighted by molar-refractivity contribution is 5.81. The van der Waals surface area contributed by atoms with Crippen molar-refractivity contribution >= 4 is 17.0 Å². The van der Waals surface area contributed by atoms with Crippen molar-refractivity contribution in [1.82, 2.24) is 14.5 Å². The van der Waals surface area contributed by atoms with Gasteiger partial charge in [-0.25, -0.2) is 9.55 Å². The van der Waals surface area contributed by atoms with Crippen LogP contribution in [0.5, 0.6) is 0 Å². The molecule has 0 aliphatic carbocycles. The maximum atomic E-state index is 12.9. The molecule has 0 amide bonds. The van der Waals surface area contributed by atoms with Crippen molar-refractivity contribution in [2.45, 2.75) is 41.2 Å². The smallest absolute Gasteiger partial charge is 0.311 e. The summed E-state index contributed by atoms with van der Waals surface area (Å²) >= 11 is 0. The van der Waals surface area contributed by atoms with Gasteiger partial charge in [0.15, 0.2) is 0 Å². The van der Waals surface area contributed by atoms with Gasteiger partial charge in [0, 0.05) is 22.9 Å². The fraction of sp³-hybridized carbons (Fsp3) is 0.318. The molecule has 2 heterocycles. The van der Waals surface area contributed by atoms with Crippen molar-refractivity contribution in [1.29, 1.82) is 0 Å². The van der Waals surface area contributed by atoms with Crippen LogP contribution in [0.3, 0.4) is 0 Å². The number of rotatable bonds is 2. The molecule has 3 aromatic rings. The number of aromatic nitrogens is 3. The number of H-pyrrole nitrogens is 1. The minimum Gasteiger partial charge on any atom is -0.460 e. The molecule has 2 aromatic heterocycles. The van der Waals surface area contributed by atoms with E-state index in [9.17, 15) is 9.59 Å². The van der Waals surface area contributed by atoms with E-state index in [4.69, 9.17) is 4.74 Å². The normalized spacial score (nSPS) is 11.2. The highest BCUT2D eigenvalue weighted by atomic mass is 16.5. The second-order valence-electron chi connectivity index (χ2n) is 7.80. The van der Waals surface area contributed by atoms with Crippen molar-refractivity contribution < 1.29 is 9.53 Å². The third kappa shape index (κ3) is 3.99. The van der Waals surface area contributed by atoms with E-state index in [2.05, 4.69) is 21.9 Å². The number of hydrogen-bond donors (Lipinski definition) is 1. The van der Waals surface area contributed by atoms with Gasteiger partial charge in [0.05, 0.1) is 10.8 Å². The topological polar surface area (TPSA) is 77.0 Å². The first-order chi connectivity index (χ1) is 13.2. The van der Waals surface area contributed by atoms with Gasteiger partial charge in [-0.1, -0.05) is 17.7 Å². The van der Waals surface area contributed by atoms with Crippen LogP contribution in [0.25, 0.3) is 11.0 Å². The number of esters is 1. The number of ether oxygens (including phenoxy) is 1. The number of aromatic amines is 1. The molecule has 144 valence electrons. The Kier molecular flexibility index (Phi) is 5.10. The minimum atomic E-state index is -0.613. The molecule has 0 unspecified atom stereocenters. The van der Waals surface area contributed by atoms with E-state index in [1.807, 2.05) is 38.1 Å². The molecule has 6 nitrogen and oxygen atoms in total. The molecule has 0 fully saturated rings. The second kappa shape index (κ2) is 7.35. The largest absolute Gasteiger partial charge is 0.460 e. The quantitative estimate of drug-likeness (QED) is 0.549. The lowest BCUT2D eigenvalue weighted by molar-refractivity contribution is -0.154. The number of carbonyl (C=O) groups is 1. The summed E-state index contributed by atoms with van der Waals surface area (Å²) in [4.78, 5) is 32.4. The van der Waals surface area contributed by atoms with Gasteiger partial charge >= 0.3 is 5.97 Å². The highest BCUT2D eigenvalue weighted by Crippen LogP contribution is 2.21. The number of nitrogens with one attached hydrogen (secondary N) is 1. The van der Waals surface area contributed by atoms with Gasteiger partial charge in [0.2, 0.25) is 0 Å². The first kappa shape index (κ1) is 19.4. The first-order valence-corrected chi connectivity index (χ1v) is 9.01. The Labute approximate surface area is 163 Å². The van der Waals surface area contributed by atoms with Crippen LogP contribution in [-0.4, -0.2) is 20.5 Å².